The number of hydrogen-bond donors (Lipinski definition) is 0. The molecule has 3 aromatic rings. The Morgan fingerprint density at radius 2 is 1.70 bits per heavy atom. The molecule has 0 bridgehead atoms. The third-order valence-corrected chi connectivity index (χ3v) is 4.60. The van der Waals surface area contributed by atoms with Crippen molar-refractivity contribution in [2.75, 3.05) is 14.2 Å². The summed E-state index contributed by atoms with van der Waals surface area (Å²) in [6.07, 6.45) is 2.62. The van der Waals surface area contributed by atoms with E-state index in [1.165, 1.54) is 6.08 Å². The van der Waals surface area contributed by atoms with Crippen molar-refractivity contribution in [3.63, 3.8) is 0 Å². The van der Waals surface area contributed by atoms with Crippen LogP contribution in [0.15, 0.2) is 106 Å². The van der Waals surface area contributed by atoms with Gasteiger partial charge in [-0.25, -0.2) is 4.39 Å². The third kappa shape index (κ3) is 6.67. The van der Waals surface area contributed by atoms with E-state index in [0.29, 0.717) is 28.7 Å². The average molecular weight is 447 g/mol. The zero-order valence-corrected chi connectivity index (χ0v) is 19.2. The predicted molar refractivity (Wildman–Crippen MR) is 130 cm³/mol. The molecule has 0 N–H and O–H groups in total. The van der Waals surface area contributed by atoms with Crippen LogP contribution in [0.25, 0.3) is 22.7 Å². The SMILES string of the molecule is C=C/C(C)=C(/F)C=C.CN=N/C(=C(\C)c1ccccc1)c1nc(-c2ccccc2OC)no1. The van der Waals surface area contributed by atoms with E-state index in [0.717, 1.165) is 22.8 Å². The van der Waals surface area contributed by atoms with Crippen LogP contribution in [0.2, 0.25) is 0 Å². The van der Waals surface area contributed by atoms with Crippen LogP contribution in [0, 0.1) is 0 Å². The molecule has 2 aromatic carbocycles. The standard InChI is InChI=1S/C19H18N4O2.C7H9F/c1-13(14-9-5-4-6-10-14)17(22-20-2)19-21-18(23-25-19)15-11-7-8-12-16(15)24-3;1-4-6(3)7(8)5-2/h4-12H,1-3H3;4-5H,1-2H2,3H3/b17-13+,22-20?;7-6+. The van der Waals surface area contributed by atoms with E-state index in [1.807, 2.05) is 61.5 Å². The Balaban J connectivity index is 0.000000414. The van der Waals surface area contributed by atoms with Crippen LogP contribution in [0.5, 0.6) is 5.75 Å². The fourth-order valence-electron chi connectivity index (χ4n) is 2.72. The summed E-state index contributed by atoms with van der Waals surface area (Å²) >= 11 is 0. The summed E-state index contributed by atoms with van der Waals surface area (Å²) in [5, 5.41) is 12.2. The van der Waals surface area contributed by atoms with Gasteiger partial charge in [0.1, 0.15) is 11.6 Å². The van der Waals surface area contributed by atoms with Crippen LogP contribution < -0.4 is 4.74 Å². The minimum atomic E-state index is -0.306. The average Bonchev–Trinajstić information content (AvgIpc) is 3.36. The zero-order chi connectivity index (χ0) is 24.2. The van der Waals surface area contributed by atoms with E-state index in [4.69, 9.17) is 9.26 Å². The van der Waals surface area contributed by atoms with Gasteiger partial charge in [0.25, 0.3) is 5.89 Å². The largest absolute Gasteiger partial charge is 0.496 e. The van der Waals surface area contributed by atoms with E-state index in [1.54, 1.807) is 21.1 Å². The Bertz CT molecular complexity index is 1160. The molecule has 0 aliphatic rings. The molecule has 0 spiro atoms. The molecule has 0 aliphatic heterocycles. The van der Waals surface area contributed by atoms with Gasteiger partial charge in [0, 0.05) is 7.05 Å². The van der Waals surface area contributed by atoms with Crippen molar-refractivity contribution >= 4 is 11.3 Å². The van der Waals surface area contributed by atoms with Crippen LogP contribution in [-0.4, -0.2) is 24.3 Å². The second kappa shape index (κ2) is 12.7. The van der Waals surface area contributed by atoms with Crippen molar-refractivity contribution in [1.82, 2.24) is 10.1 Å². The highest BCUT2D eigenvalue weighted by Crippen LogP contribution is 2.31. The molecule has 170 valence electrons. The third-order valence-electron chi connectivity index (χ3n) is 4.60. The van der Waals surface area contributed by atoms with E-state index in [-0.39, 0.29) is 5.83 Å². The molecule has 0 amide bonds. The molecular weight excluding hydrogens is 419 g/mol. The Hall–Kier alpha value is -4.13. The Morgan fingerprint density at radius 3 is 2.27 bits per heavy atom. The van der Waals surface area contributed by atoms with Gasteiger partial charge in [0.15, 0.2) is 5.70 Å². The van der Waals surface area contributed by atoms with Crippen molar-refractivity contribution in [3.8, 4) is 17.1 Å². The number of azo groups is 1. The number of allylic oxidation sites excluding steroid dienone is 5. The molecule has 0 unspecified atom stereocenters. The van der Waals surface area contributed by atoms with E-state index in [2.05, 4.69) is 33.5 Å². The molecule has 7 heteroatoms. The maximum atomic E-state index is 12.2. The minimum absolute atomic E-state index is 0.306. The number of nitrogens with zero attached hydrogens (tertiary/aromatic N) is 4. The summed E-state index contributed by atoms with van der Waals surface area (Å²) in [6, 6.07) is 17.4. The van der Waals surface area contributed by atoms with Crippen molar-refractivity contribution < 1.29 is 13.7 Å². The number of benzene rings is 2. The molecule has 0 atom stereocenters. The molecule has 1 heterocycles. The first kappa shape index (κ1) is 25.1. The fraction of sp³-hybridized carbons (Fsp3) is 0.154. The minimum Gasteiger partial charge on any atom is -0.496 e. The number of ether oxygens (including phenoxy) is 1. The van der Waals surface area contributed by atoms with Crippen LogP contribution in [-0.2, 0) is 0 Å². The first-order valence-electron chi connectivity index (χ1n) is 10.1. The quantitative estimate of drug-likeness (QED) is 0.282. The highest BCUT2D eigenvalue weighted by Gasteiger charge is 2.18. The monoisotopic (exact) mass is 446 g/mol. The fourth-order valence-corrected chi connectivity index (χ4v) is 2.72. The highest BCUT2D eigenvalue weighted by molar-refractivity contribution is 5.86. The Labute approximate surface area is 193 Å². The smallest absolute Gasteiger partial charge is 0.279 e. The van der Waals surface area contributed by atoms with Gasteiger partial charge in [-0.15, -0.1) is 0 Å². The number of para-hydroxylation sites is 1. The Kier molecular flexibility index (Phi) is 9.64. The van der Waals surface area contributed by atoms with Gasteiger partial charge < -0.3 is 9.26 Å². The number of methoxy groups -OCH3 is 1. The second-order valence-corrected chi connectivity index (χ2v) is 6.70. The topological polar surface area (TPSA) is 72.9 Å². The van der Waals surface area contributed by atoms with E-state index < -0.39 is 0 Å². The molecule has 1 aromatic heterocycles. The summed E-state index contributed by atoms with van der Waals surface area (Å²) in [7, 11) is 3.21. The maximum Gasteiger partial charge on any atom is 0.279 e. The highest BCUT2D eigenvalue weighted by atomic mass is 19.1. The summed E-state index contributed by atoms with van der Waals surface area (Å²) < 4.78 is 23.0. The first-order valence-corrected chi connectivity index (χ1v) is 10.1. The normalized spacial score (nSPS) is 12.3. The van der Waals surface area contributed by atoms with Crippen molar-refractivity contribution in [2.24, 2.45) is 10.2 Å². The summed E-state index contributed by atoms with van der Waals surface area (Å²) in [5.74, 6) is 1.13. The van der Waals surface area contributed by atoms with E-state index in [9.17, 15) is 4.39 Å². The number of aromatic nitrogens is 2. The lowest BCUT2D eigenvalue weighted by Crippen LogP contribution is -1.90. The van der Waals surface area contributed by atoms with Crippen LogP contribution in [0.3, 0.4) is 0 Å². The molecule has 33 heavy (non-hydrogen) atoms. The second-order valence-electron chi connectivity index (χ2n) is 6.70. The van der Waals surface area contributed by atoms with Gasteiger partial charge in [0.05, 0.1) is 12.7 Å². The molecule has 0 radical (unpaired) electrons. The number of halogens is 1. The zero-order valence-electron chi connectivity index (χ0n) is 19.2. The van der Waals surface area contributed by atoms with Gasteiger partial charge in [0.2, 0.25) is 5.82 Å². The van der Waals surface area contributed by atoms with Crippen molar-refractivity contribution in [2.45, 2.75) is 13.8 Å². The molecule has 3 rings (SSSR count). The lowest BCUT2D eigenvalue weighted by atomic mass is 10.1. The molecule has 6 nitrogen and oxygen atoms in total. The molecular formula is C26H27FN4O2. The lowest BCUT2D eigenvalue weighted by Gasteiger charge is -2.04. The Morgan fingerprint density at radius 1 is 1.03 bits per heavy atom. The molecule has 0 fully saturated rings. The number of hydrogen-bond acceptors (Lipinski definition) is 6. The van der Waals surface area contributed by atoms with Crippen molar-refractivity contribution in [3.05, 3.63) is 103 Å². The number of rotatable bonds is 7. The summed E-state index contributed by atoms with van der Waals surface area (Å²) in [6.45, 7) is 10.2. The van der Waals surface area contributed by atoms with Gasteiger partial charge in [-0.2, -0.15) is 15.2 Å². The van der Waals surface area contributed by atoms with Gasteiger partial charge in [-0.05, 0) is 48.8 Å². The van der Waals surface area contributed by atoms with Crippen LogP contribution in [0.1, 0.15) is 25.3 Å². The maximum absolute atomic E-state index is 12.2. The van der Waals surface area contributed by atoms with Crippen LogP contribution in [0.4, 0.5) is 4.39 Å². The van der Waals surface area contributed by atoms with E-state index >= 15 is 0 Å². The van der Waals surface area contributed by atoms with Gasteiger partial charge >= 0.3 is 0 Å². The molecule has 0 aliphatic carbocycles. The molecule has 0 saturated heterocycles. The van der Waals surface area contributed by atoms with Crippen molar-refractivity contribution in [1.29, 1.82) is 0 Å². The molecule has 0 saturated carbocycles. The van der Waals surface area contributed by atoms with Gasteiger partial charge in [-0.1, -0.05) is 66.9 Å². The van der Waals surface area contributed by atoms with Gasteiger partial charge in [-0.3, -0.25) is 0 Å². The first-order chi connectivity index (χ1) is 16.0. The summed E-state index contributed by atoms with van der Waals surface area (Å²) in [5.41, 5.74) is 3.75. The predicted octanol–water partition coefficient (Wildman–Crippen LogP) is 7.32. The summed E-state index contributed by atoms with van der Waals surface area (Å²) in [4.78, 5) is 4.49. The lowest BCUT2D eigenvalue weighted by molar-refractivity contribution is 0.404. The van der Waals surface area contributed by atoms with Crippen LogP contribution >= 0.6 is 0 Å².